The molecule has 6 heteroatoms. The molecule has 0 saturated heterocycles. The van der Waals surface area contributed by atoms with Crippen molar-refractivity contribution in [2.45, 2.75) is 32.2 Å². The van der Waals surface area contributed by atoms with E-state index in [0.717, 1.165) is 25.5 Å². The van der Waals surface area contributed by atoms with Gasteiger partial charge in [-0.3, -0.25) is 0 Å². The zero-order chi connectivity index (χ0) is 13.0. The number of unbranched alkanes of at least 4 members (excludes halogenated alkanes) is 1. The lowest BCUT2D eigenvalue weighted by Crippen LogP contribution is -2.10. The number of pyridine rings is 1. The van der Waals surface area contributed by atoms with Gasteiger partial charge in [-0.05, 0) is 18.6 Å². The molecule has 2 aromatic rings. The Bertz CT molecular complexity index is 497. The van der Waals surface area contributed by atoms with Crippen LogP contribution in [0.5, 0.6) is 0 Å². The smallest absolute Gasteiger partial charge is 0.243 e. The second-order valence-electron chi connectivity index (χ2n) is 4.07. The third-order valence-corrected chi connectivity index (χ3v) is 2.58. The zero-order valence-electron chi connectivity index (χ0n) is 10.1. The number of nitrogens with two attached hydrogens (primary N) is 1. The van der Waals surface area contributed by atoms with Crippen LogP contribution in [0.1, 0.15) is 38.1 Å². The predicted octanol–water partition coefficient (Wildman–Crippen LogP) is 2.46. The quantitative estimate of drug-likeness (QED) is 0.881. The summed E-state index contributed by atoms with van der Waals surface area (Å²) >= 11 is 0. The van der Waals surface area contributed by atoms with Crippen molar-refractivity contribution in [3.05, 3.63) is 30.0 Å². The Kier molecular flexibility index (Phi) is 3.99. The molecule has 0 radical (unpaired) electrons. The summed E-state index contributed by atoms with van der Waals surface area (Å²) in [7, 11) is 0. The van der Waals surface area contributed by atoms with Gasteiger partial charge in [0.2, 0.25) is 11.7 Å². The van der Waals surface area contributed by atoms with Crippen LogP contribution in [0.25, 0.3) is 11.5 Å². The van der Waals surface area contributed by atoms with E-state index >= 15 is 0 Å². The van der Waals surface area contributed by atoms with Crippen molar-refractivity contribution >= 4 is 0 Å². The number of halogens is 1. The van der Waals surface area contributed by atoms with E-state index in [-0.39, 0.29) is 6.04 Å². The fourth-order valence-corrected chi connectivity index (χ4v) is 1.55. The molecule has 0 saturated carbocycles. The van der Waals surface area contributed by atoms with Crippen molar-refractivity contribution in [2.75, 3.05) is 0 Å². The lowest BCUT2D eigenvalue weighted by molar-refractivity contribution is 0.346. The average Bonchev–Trinajstić information content (AvgIpc) is 2.86. The van der Waals surface area contributed by atoms with Crippen LogP contribution in [0.15, 0.2) is 22.9 Å². The van der Waals surface area contributed by atoms with Crippen LogP contribution in [0.2, 0.25) is 0 Å². The molecule has 0 amide bonds. The second kappa shape index (κ2) is 5.68. The molecule has 18 heavy (non-hydrogen) atoms. The first-order chi connectivity index (χ1) is 8.70. The molecular weight excluding hydrogens is 235 g/mol. The maximum Gasteiger partial charge on any atom is 0.243 e. The SMILES string of the molecule is CCCCC(N)c1nc(-c2ccc(F)cn2)no1. The van der Waals surface area contributed by atoms with Gasteiger partial charge >= 0.3 is 0 Å². The van der Waals surface area contributed by atoms with Gasteiger partial charge in [0.1, 0.15) is 11.5 Å². The minimum Gasteiger partial charge on any atom is -0.337 e. The predicted molar refractivity (Wildman–Crippen MR) is 63.9 cm³/mol. The molecule has 1 unspecified atom stereocenters. The molecule has 1 atom stereocenters. The van der Waals surface area contributed by atoms with Crippen molar-refractivity contribution in [3.8, 4) is 11.5 Å². The van der Waals surface area contributed by atoms with Crippen LogP contribution >= 0.6 is 0 Å². The third kappa shape index (κ3) is 2.89. The van der Waals surface area contributed by atoms with Crippen molar-refractivity contribution in [3.63, 3.8) is 0 Å². The van der Waals surface area contributed by atoms with Crippen molar-refractivity contribution in [1.82, 2.24) is 15.1 Å². The summed E-state index contributed by atoms with van der Waals surface area (Å²) in [5.74, 6) is 0.323. The second-order valence-corrected chi connectivity index (χ2v) is 4.07. The van der Waals surface area contributed by atoms with E-state index in [1.54, 1.807) is 0 Å². The number of hydrogen-bond donors (Lipinski definition) is 1. The minimum atomic E-state index is -0.401. The van der Waals surface area contributed by atoms with E-state index in [0.29, 0.717) is 17.4 Å². The summed E-state index contributed by atoms with van der Waals surface area (Å²) in [6.45, 7) is 2.09. The normalized spacial score (nSPS) is 12.6. The highest BCUT2D eigenvalue weighted by atomic mass is 19.1. The van der Waals surface area contributed by atoms with Crippen LogP contribution < -0.4 is 5.73 Å². The Labute approximate surface area is 104 Å². The minimum absolute atomic E-state index is 0.258. The van der Waals surface area contributed by atoms with Crippen molar-refractivity contribution < 1.29 is 8.91 Å². The Hall–Kier alpha value is -1.82. The molecule has 2 aromatic heterocycles. The van der Waals surface area contributed by atoms with Crippen LogP contribution in [-0.2, 0) is 0 Å². The van der Waals surface area contributed by atoms with Gasteiger partial charge in [0.25, 0.3) is 0 Å². The van der Waals surface area contributed by atoms with E-state index in [9.17, 15) is 4.39 Å². The van der Waals surface area contributed by atoms with Crippen LogP contribution in [0, 0.1) is 5.82 Å². The standard InChI is InChI=1S/C12H15FN4O/c1-2-3-4-9(14)12-16-11(17-18-12)10-6-5-8(13)7-15-10/h5-7,9H,2-4,14H2,1H3. The highest BCUT2D eigenvalue weighted by Gasteiger charge is 2.15. The van der Waals surface area contributed by atoms with E-state index in [1.807, 2.05) is 0 Å². The summed E-state index contributed by atoms with van der Waals surface area (Å²) in [5.41, 5.74) is 6.39. The molecule has 0 bridgehead atoms. The van der Waals surface area contributed by atoms with E-state index < -0.39 is 5.82 Å². The van der Waals surface area contributed by atoms with E-state index in [1.165, 1.54) is 12.1 Å². The molecule has 0 aliphatic heterocycles. The van der Waals surface area contributed by atoms with Gasteiger partial charge < -0.3 is 10.3 Å². The molecule has 2 N–H and O–H groups in total. The molecule has 5 nitrogen and oxygen atoms in total. The van der Waals surface area contributed by atoms with Crippen molar-refractivity contribution in [1.29, 1.82) is 0 Å². The number of nitrogens with zero attached hydrogens (tertiary/aromatic N) is 3. The number of aromatic nitrogens is 3. The third-order valence-electron chi connectivity index (χ3n) is 2.58. The fraction of sp³-hybridized carbons (Fsp3) is 0.417. The molecule has 2 rings (SSSR count). The first kappa shape index (κ1) is 12.6. The van der Waals surface area contributed by atoms with Crippen LogP contribution in [0.4, 0.5) is 4.39 Å². The fourth-order valence-electron chi connectivity index (χ4n) is 1.55. The summed E-state index contributed by atoms with van der Waals surface area (Å²) in [6.07, 6.45) is 3.99. The van der Waals surface area contributed by atoms with Crippen LogP contribution in [-0.4, -0.2) is 15.1 Å². The Morgan fingerprint density at radius 3 is 2.94 bits per heavy atom. The van der Waals surface area contributed by atoms with Gasteiger partial charge in [0.05, 0.1) is 12.2 Å². The molecule has 0 aromatic carbocycles. The Morgan fingerprint density at radius 1 is 1.44 bits per heavy atom. The van der Waals surface area contributed by atoms with Gasteiger partial charge in [0.15, 0.2) is 0 Å². The van der Waals surface area contributed by atoms with Gasteiger partial charge in [-0.15, -0.1) is 0 Å². The van der Waals surface area contributed by atoms with Gasteiger partial charge in [0, 0.05) is 0 Å². The molecule has 2 heterocycles. The Morgan fingerprint density at radius 2 is 2.28 bits per heavy atom. The zero-order valence-corrected chi connectivity index (χ0v) is 10.1. The number of hydrogen-bond acceptors (Lipinski definition) is 5. The summed E-state index contributed by atoms with van der Waals surface area (Å²) in [5, 5.41) is 3.79. The van der Waals surface area contributed by atoms with Gasteiger partial charge in [-0.1, -0.05) is 24.9 Å². The lowest BCUT2D eigenvalue weighted by atomic mass is 10.1. The monoisotopic (exact) mass is 250 g/mol. The van der Waals surface area contributed by atoms with Crippen molar-refractivity contribution in [2.24, 2.45) is 5.73 Å². The lowest BCUT2D eigenvalue weighted by Gasteiger charge is -2.03. The summed E-state index contributed by atoms with van der Waals surface area (Å²) < 4.78 is 17.8. The average molecular weight is 250 g/mol. The first-order valence-corrected chi connectivity index (χ1v) is 5.92. The molecule has 0 aliphatic rings. The van der Waals surface area contributed by atoms with Crippen LogP contribution in [0.3, 0.4) is 0 Å². The Balaban J connectivity index is 2.12. The first-order valence-electron chi connectivity index (χ1n) is 5.92. The van der Waals surface area contributed by atoms with E-state index in [4.69, 9.17) is 10.3 Å². The molecular formula is C12H15FN4O. The summed E-state index contributed by atoms with van der Waals surface area (Å²) in [4.78, 5) is 8.06. The molecule has 0 spiro atoms. The molecule has 0 fully saturated rings. The molecule has 0 aliphatic carbocycles. The maximum atomic E-state index is 12.7. The highest BCUT2D eigenvalue weighted by molar-refractivity contribution is 5.47. The van der Waals surface area contributed by atoms with Gasteiger partial charge in [-0.25, -0.2) is 9.37 Å². The highest BCUT2D eigenvalue weighted by Crippen LogP contribution is 2.18. The van der Waals surface area contributed by atoms with E-state index in [2.05, 4.69) is 22.0 Å². The summed E-state index contributed by atoms with van der Waals surface area (Å²) in [6, 6.07) is 2.54. The van der Waals surface area contributed by atoms with Gasteiger partial charge in [-0.2, -0.15) is 4.98 Å². The molecule has 96 valence electrons. The largest absolute Gasteiger partial charge is 0.337 e. The topological polar surface area (TPSA) is 77.8 Å². The number of rotatable bonds is 5. The maximum absolute atomic E-state index is 12.7.